The van der Waals surface area contributed by atoms with Gasteiger partial charge < -0.3 is 4.98 Å². The zero-order valence-electron chi connectivity index (χ0n) is 10.4. The molecule has 0 aromatic carbocycles. The topological polar surface area (TPSA) is 88.0 Å². The number of amides is 1. The number of nitrogens with zero attached hydrogens (tertiary/aromatic N) is 4. The van der Waals surface area contributed by atoms with Crippen LogP contribution in [0.15, 0.2) is 34.6 Å². The van der Waals surface area contributed by atoms with Crippen molar-refractivity contribution in [1.82, 2.24) is 24.3 Å². The lowest BCUT2D eigenvalue weighted by Crippen LogP contribution is -2.13. The number of rotatable bonds is 2. The molecule has 1 amide bonds. The lowest BCUT2D eigenvalue weighted by Gasteiger charge is -1.97. The number of anilines is 1. The fourth-order valence-corrected chi connectivity index (χ4v) is 3.48. The maximum absolute atomic E-state index is 12.3. The molecule has 0 spiro atoms. The molecule has 0 bridgehead atoms. The van der Waals surface area contributed by atoms with Gasteiger partial charge in [-0.3, -0.25) is 14.5 Å². The number of hydrogen-bond acceptors (Lipinski definition) is 5. The van der Waals surface area contributed by atoms with E-state index in [-0.39, 0.29) is 5.91 Å². The minimum Gasteiger partial charge on any atom is -0.322 e. The van der Waals surface area contributed by atoms with E-state index in [2.05, 4.69) is 41.2 Å². The molecule has 2 N–H and O–H groups in total. The minimum atomic E-state index is -0.314. The molecule has 7 nitrogen and oxygen atoms in total. The third kappa shape index (κ3) is 2.10. The van der Waals surface area contributed by atoms with Gasteiger partial charge in [-0.25, -0.2) is 9.97 Å². The van der Waals surface area contributed by atoms with Gasteiger partial charge in [-0.1, -0.05) is 0 Å². The first-order valence-corrected chi connectivity index (χ1v) is 7.56. The molecule has 104 valence electrons. The molecule has 4 aromatic rings. The van der Waals surface area contributed by atoms with E-state index in [1.807, 2.05) is 12.3 Å². The highest BCUT2D eigenvalue weighted by Crippen LogP contribution is 2.26. The fourth-order valence-electron chi connectivity index (χ4n) is 2.00. The molecular weight excluding hydrogens is 356 g/mol. The average molecular weight is 363 g/mol. The Morgan fingerprint density at radius 1 is 1.43 bits per heavy atom. The van der Waals surface area contributed by atoms with Crippen molar-refractivity contribution in [3.8, 4) is 0 Å². The van der Waals surface area contributed by atoms with Crippen molar-refractivity contribution in [3.63, 3.8) is 0 Å². The molecule has 0 saturated heterocycles. The molecule has 0 saturated carbocycles. The van der Waals surface area contributed by atoms with Gasteiger partial charge in [-0.05, 0) is 28.1 Å². The van der Waals surface area contributed by atoms with Crippen LogP contribution in [0.25, 0.3) is 16.0 Å². The Bertz CT molecular complexity index is 938. The Morgan fingerprint density at radius 2 is 2.33 bits per heavy atom. The Hall–Kier alpha value is -2.26. The summed E-state index contributed by atoms with van der Waals surface area (Å²) in [4.78, 5) is 28.5. The Kier molecular flexibility index (Phi) is 2.76. The maximum Gasteiger partial charge on any atom is 0.279 e. The van der Waals surface area contributed by atoms with Gasteiger partial charge in [0.25, 0.3) is 5.91 Å². The predicted octanol–water partition coefficient (Wildman–Crippen LogP) is 2.68. The van der Waals surface area contributed by atoms with E-state index in [1.54, 1.807) is 23.0 Å². The summed E-state index contributed by atoms with van der Waals surface area (Å²) >= 11 is 4.83. The minimum absolute atomic E-state index is 0.314. The van der Waals surface area contributed by atoms with E-state index < -0.39 is 0 Å². The SMILES string of the molecule is O=C(Nc1nc2ncccc2[nH]1)c1ncn2cc(Br)sc12. The highest BCUT2D eigenvalue weighted by atomic mass is 79.9. The van der Waals surface area contributed by atoms with Crippen LogP contribution in [0, 0.1) is 0 Å². The van der Waals surface area contributed by atoms with Gasteiger partial charge in [0.2, 0.25) is 5.95 Å². The molecular formula is C12H7BrN6OS. The highest BCUT2D eigenvalue weighted by Gasteiger charge is 2.17. The molecule has 0 radical (unpaired) electrons. The quantitative estimate of drug-likeness (QED) is 0.573. The van der Waals surface area contributed by atoms with Gasteiger partial charge >= 0.3 is 0 Å². The van der Waals surface area contributed by atoms with Crippen LogP contribution in [-0.2, 0) is 0 Å². The normalized spacial score (nSPS) is 11.3. The van der Waals surface area contributed by atoms with Crippen LogP contribution in [-0.4, -0.2) is 30.2 Å². The van der Waals surface area contributed by atoms with Crippen molar-refractivity contribution in [2.75, 3.05) is 5.32 Å². The zero-order chi connectivity index (χ0) is 14.4. The second-order valence-electron chi connectivity index (χ2n) is 4.25. The molecule has 0 unspecified atom stereocenters. The molecule has 0 atom stereocenters. The molecule has 0 fully saturated rings. The number of carbonyl (C=O) groups excluding carboxylic acids is 1. The fraction of sp³-hybridized carbons (Fsp3) is 0. The summed E-state index contributed by atoms with van der Waals surface area (Å²) in [5.74, 6) is 0.0383. The second-order valence-corrected chi connectivity index (χ2v) is 6.66. The summed E-state index contributed by atoms with van der Waals surface area (Å²) in [6.07, 6.45) is 5.11. The summed E-state index contributed by atoms with van der Waals surface area (Å²) < 4.78 is 2.73. The van der Waals surface area contributed by atoms with Gasteiger partial charge in [0.05, 0.1) is 9.30 Å². The molecule has 4 heterocycles. The van der Waals surface area contributed by atoms with Crippen molar-refractivity contribution in [1.29, 1.82) is 0 Å². The first kappa shape index (κ1) is 12.5. The molecule has 4 rings (SSSR count). The van der Waals surface area contributed by atoms with Gasteiger partial charge in [0.15, 0.2) is 11.3 Å². The molecule has 9 heteroatoms. The van der Waals surface area contributed by atoms with E-state index in [1.165, 1.54) is 11.3 Å². The third-order valence-electron chi connectivity index (χ3n) is 2.89. The van der Waals surface area contributed by atoms with Crippen LogP contribution in [0.2, 0.25) is 0 Å². The summed E-state index contributed by atoms with van der Waals surface area (Å²) in [5.41, 5.74) is 1.68. The number of H-pyrrole nitrogens is 1. The summed E-state index contributed by atoms with van der Waals surface area (Å²) in [7, 11) is 0. The van der Waals surface area contributed by atoms with Gasteiger partial charge in [0.1, 0.15) is 11.2 Å². The number of carbonyl (C=O) groups is 1. The largest absolute Gasteiger partial charge is 0.322 e. The van der Waals surface area contributed by atoms with Crippen molar-refractivity contribution >= 4 is 55.1 Å². The van der Waals surface area contributed by atoms with Gasteiger partial charge in [0, 0.05) is 12.4 Å². The van der Waals surface area contributed by atoms with E-state index in [0.717, 1.165) is 14.1 Å². The average Bonchev–Trinajstić information content (AvgIpc) is 3.10. The van der Waals surface area contributed by atoms with E-state index >= 15 is 0 Å². The van der Waals surface area contributed by atoms with Gasteiger partial charge in [-0.2, -0.15) is 4.98 Å². The van der Waals surface area contributed by atoms with Crippen molar-refractivity contribution < 1.29 is 4.79 Å². The van der Waals surface area contributed by atoms with Crippen molar-refractivity contribution in [2.45, 2.75) is 0 Å². The lowest BCUT2D eigenvalue weighted by molar-refractivity contribution is 0.102. The zero-order valence-corrected chi connectivity index (χ0v) is 12.8. The Balaban J connectivity index is 1.68. The number of imidazole rings is 2. The van der Waals surface area contributed by atoms with Crippen molar-refractivity contribution in [2.24, 2.45) is 0 Å². The molecule has 4 aromatic heterocycles. The number of halogens is 1. The first-order valence-electron chi connectivity index (χ1n) is 5.95. The number of fused-ring (bicyclic) bond motifs is 2. The number of pyridine rings is 1. The number of nitrogens with one attached hydrogen (secondary N) is 2. The van der Waals surface area contributed by atoms with E-state index in [0.29, 0.717) is 17.3 Å². The number of hydrogen-bond donors (Lipinski definition) is 2. The molecule has 0 aliphatic carbocycles. The van der Waals surface area contributed by atoms with Gasteiger partial charge in [-0.15, -0.1) is 11.3 Å². The van der Waals surface area contributed by atoms with Crippen LogP contribution in [0.5, 0.6) is 0 Å². The maximum atomic E-state index is 12.3. The molecule has 21 heavy (non-hydrogen) atoms. The van der Waals surface area contributed by atoms with Crippen LogP contribution in [0.4, 0.5) is 5.95 Å². The Labute approximate surface area is 130 Å². The lowest BCUT2D eigenvalue weighted by atomic mass is 10.4. The molecule has 0 aliphatic heterocycles. The number of aromatic amines is 1. The van der Waals surface area contributed by atoms with Crippen LogP contribution < -0.4 is 5.32 Å². The summed E-state index contributed by atoms with van der Waals surface area (Å²) in [5, 5.41) is 2.71. The van der Waals surface area contributed by atoms with Crippen molar-refractivity contribution in [3.05, 3.63) is 40.3 Å². The van der Waals surface area contributed by atoms with E-state index in [4.69, 9.17) is 0 Å². The smallest absolute Gasteiger partial charge is 0.279 e. The first-order chi connectivity index (χ1) is 10.2. The summed E-state index contributed by atoms with van der Waals surface area (Å²) in [6.45, 7) is 0. The number of aromatic nitrogens is 5. The highest BCUT2D eigenvalue weighted by molar-refractivity contribution is 9.11. The number of thiazole rings is 1. The predicted molar refractivity (Wildman–Crippen MR) is 82.6 cm³/mol. The van der Waals surface area contributed by atoms with E-state index in [9.17, 15) is 4.79 Å². The third-order valence-corrected chi connectivity index (χ3v) is 4.48. The standard InChI is InChI=1S/C12H7BrN6OS/c13-7-4-19-5-15-8(11(19)21-7)10(20)18-12-16-6-2-1-3-14-9(6)17-12/h1-5H,(H2,14,16,17,18,20). The summed E-state index contributed by atoms with van der Waals surface area (Å²) in [6, 6.07) is 3.64. The van der Waals surface area contributed by atoms with Crippen LogP contribution >= 0.6 is 27.3 Å². The van der Waals surface area contributed by atoms with Crippen LogP contribution in [0.3, 0.4) is 0 Å². The molecule has 0 aliphatic rings. The Morgan fingerprint density at radius 3 is 3.19 bits per heavy atom. The monoisotopic (exact) mass is 362 g/mol. The second kappa shape index (κ2) is 4.64. The van der Waals surface area contributed by atoms with Crippen LogP contribution in [0.1, 0.15) is 10.5 Å².